The van der Waals surface area contributed by atoms with Gasteiger partial charge in [0.15, 0.2) is 11.9 Å². The van der Waals surface area contributed by atoms with Gasteiger partial charge in [0, 0.05) is 5.92 Å². The van der Waals surface area contributed by atoms with E-state index in [0.717, 1.165) is 5.56 Å². The number of cyclic esters (lactones) is 1. The van der Waals surface area contributed by atoms with E-state index >= 15 is 0 Å². The molecular formula is C12H13NO2. The minimum absolute atomic E-state index is 0.155. The highest BCUT2D eigenvalue weighted by molar-refractivity contribution is 5.98. The second kappa shape index (κ2) is 3.85. The molecule has 0 spiro atoms. The Kier molecular flexibility index (Phi) is 2.54. The standard InChI is InChI=1S/C12H13NO2/c1-8(2)11-13-10(12(14)15-11)9-6-4-3-5-7-9/h3-8,10H,1-2H3. The van der Waals surface area contributed by atoms with E-state index in [1.807, 2.05) is 44.2 Å². The van der Waals surface area contributed by atoms with Gasteiger partial charge in [0.05, 0.1) is 0 Å². The van der Waals surface area contributed by atoms with Crippen molar-refractivity contribution >= 4 is 11.9 Å². The second-order valence-corrected chi connectivity index (χ2v) is 3.86. The third kappa shape index (κ3) is 1.91. The van der Waals surface area contributed by atoms with Crippen LogP contribution in [-0.2, 0) is 9.53 Å². The molecule has 1 aliphatic rings. The zero-order chi connectivity index (χ0) is 10.8. The first-order valence-corrected chi connectivity index (χ1v) is 5.03. The van der Waals surface area contributed by atoms with Crippen LogP contribution in [0.5, 0.6) is 0 Å². The topological polar surface area (TPSA) is 38.7 Å². The molecule has 1 aromatic carbocycles. The maximum Gasteiger partial charge on any atom is 0.342 e. The van der Waals surface area contributed by atoms with Gasteiger partial charge in [0.25, 0.3) is 0 Å². The molecule has 0 amide bonds. The van der Waals surface area contributed by atoms with Crippen molar-refractivity contribution in [2.24, 2.45) is 10.9 Å². The molecule has 0 bridgehead atoms. The van der Waals surface area contributed by atoms with Crippen LogP contribution in [0.4, 0.5) is 0 Å². The summed E-state index contributed by atoms with van der Waals surface area (Å²) in [4.78, 5) is 15.8. The summed E-state index contributed by atoms with van der Waals surface area (Å²) in [6, 6.07) is 9.01. The van der Waals surface area contributed by atoms with Gasteiger partial charge in [-0.1, -0.05) is 44.2 Å². The van der Waals surface area contributed by atoms with Crippen molar-refractivity contribution in [1.82, 2.24) is 0 Å². The minimum Gasteiger partial charge on any atom is -0.410 e. The summed E-state index contributed by atoms with van der Waals surface area (Å²) < 4.78 is 5.10. The quantitative estimate of drug-likeness (QED) is 0.692. The average Bonchev–Trinajstić information content (AvgIpc) is 2.62. The maximum absolute atomic E-state index is 11.6. The lowest BCUT2D eigenvalue weighted by Crippen LogP contribution is -2.11. The largest absolute Gasteiger partial charge is 0.410 e. The van der Waals surface area contributed by atoms with Crippen molar-refractivity contribution in [1.29, 1.82) is 0 Å². The molecule has 1 aliphatic heterocycles. The Labute approximate surface area is 88.8 Å². The van der Waals surface area contributed by atoms with E-state index in [4.69, 9.17) is 4.74 Å². The summed E-state index contributed by atoms with van der Waals surface area (Å²) >= 11 is 0. The molecule has 78 valence electrons. The molecule has 0 fully saturated rings. The van der Waals surface area contributed by atoms with Crippen molar-refractivity contribution < 1.29 is 9.53 Å². The van der Waals surface area contributed by atoms with Gasteiger partial charge in [-0.2, -0.15) is 0 Å². The zero-order valence-corrected chi connectivity index (χ0v) is 8.81. The molecule has 15 heavy (non-hydrogen) atoms. The maximum atomic E-state index is 11.6. The molecule has 0 saturated heterocycles. The smallest absolute Gasteiger partial charge is 0.342 e. The third-order valence-electron chi connectivity index (χ3n) is 2.29. The lowest BCUT2D eigenvalue weighted by molar-refractivity contribution is -0.135. The van der Waals surface area contributed by atoms with Crippen LogP contribution in [0.25, 0.3) is 0 Å². The monoisotopic (exact) mass is 203 g/mol. The molecule has 0 aromatic heterocycles. The van der Waals surface area contributed by atoms with Gasteiger partial charge in [0.2, 0.25) is 0 Å². The molecule has 1 unspecified atom stereocenters. The Hall–Kier alpha value is -1.64. The average molecular weight is 203 g/mol. The lowest BCUT2D eigenvalue weighted by Gasteiger charge is -2.02. The third-order valence-corrected chi connectivity index (χ3v) is 2.29. The summed E-state index contributed by atoms with van der Waals surface area (Å²) in [5.74, 6) is 0.418. The van der Waals surface area contributed by atoms with E-state index in [-0.39, 0.29) is 11.9 Å². The number of nitrogens with zero attached hydrogens (tertiary/aromatic N) is 1. The van der Waals surface area contributed by atoms with E-state index in [1.54, 1.807) is 0 Å². The summed E-state index contributed by atoms with van der Waals surface area (Å²) in [7, 11) is 0. The summed E-state index contributed by atoms with van der Waals surface area (Å²) in [6.45, 7) is 3.92. The van der Waals surface area contributed by atoms with Gasteiger partial charge < -0.3 is 4.74 Å². The highest BCUT2D eigenvalue weighted by Gasteiger charge is 2.31. The highest BCUT2D eigenvalue weighted by atomic mass is 16.6. The highest BCUT2D eigenvalue weighted by Crippen LogP contribution is 2.25. The lowest BCUT2D eigenvalue weighted by atomic mass is 10.1. The number of hydrogen-bond donors (Lipinski definition) is 0. The van der Waals surface area contributed by atoms with E-state index in [1.165, 1.54) is 0 Å². The minimum atomic E-state index is -0.469. The summed E-state index contributed by atoms with van der Waals surface area (Å²) in [5, 5.41) is 0. The first kappa shape index (κ1) is 9.90. The molecule has 0 aliphatic carbocycles. The van der Waals surface area contributed by atoms with E-state index in [0.29, 0.717) is 5.90 Å². The predicted molar refractivity (Wildman–Crippen MR) is 57.5 cm³/mol. The van der Waals surface area contributed by atoms with Gasteiger partial charge in [-0.3, -0.25) is 0 Å². The first-order chi connectivity index (χ1) is 7.18. The van der Waals surface area contributed by atoms with Gasteiger partial charge in [0.1, 0.15) is 0 Å². The number of carbonyl (C=O) groups is 1. The van der Waals surface area contributed by atoms with Gasteiger partial charge in [-0.15, -0.1) is 0 Å². The number of hydrogen-bond acceptors (Lipinski definition) is 3. The van der Waals surface area contributed by atoms with Crippen LogP contribution in [0.3, 0.4) is 0 Å². The van der Waals surface area contributed by atoms with Crippen LogP contribution in [-0.4, -0.2) is 11.9 Å². The number of rotatable bonds is 2. The van der Waals surface area contributed by atoms with Crippen LogP contribution in [0.1, 0.15) is 25.5 Å². The van der Waals surface area contributed by atoms with Gasteiger partial charge in [-0.05, 0) is 5.56 Å². The van der Waals surface area contributed by atoms with Crippen LogP contribution in [0, 0.1) is 5.92 Å². The van der Waals surface area contributed by atoms with Gasteiger partial charge >= 0.3 is 5.97 Å². The molecule has 1 aromatic rings. The fraction of sp³-hybridized carbons (Fsp3) is 0.333. The van der Waals surface area contributed by atoms with Crippen LogP contribution >= 0.6 is 0 Å². The van der Waals surface area contributed by atoms with Crippen molar-refractivity contribution in [3.05, 3.63) is 35.9 Å². The SMILES string of the molecule is CC(C)C1=NC(c2ccccc2)C(=O)O1. The van der Waals surface area contributed by atoms with Crippen LogP contribution < -0.4 is 0 Å². The first-order valence-electron chi connectivity index (χ1n) is 5.03. The fourth-order valence-electron chi connectivity index (χ4n) is 1.48. The molecule has 0 N–H and O–H groups in total. The normalized spacial score (nSPS) is 20.3. The molecule has 1 atom stereocenters. The number of aliphatic imine (C=N–C) groups is 1. The van der Waals surface area contributed by atoms with Crippen LogP contribution in [0.2, 0.25) is 0 Å². The number of carbonyl (C=O) groups excluding carboxylic acids is 1. The van der Waals surface area contributed by atoms with E-state index in [9.17, 15) is 4.79 Å². The summed E-state index contributed by atoms with van der Waals surface area (Å²) in [6.07, 6.45) is 0. The van der Waals surface area contributed by atoms with Crippen LogP contribution in [0.15, 0.2) is 35.3 Å². The molecule has 3 heteroatoms. The molecule has 1 heterocycles. The van der Waals surface area contributed by atoms with E-state index in [2.05, 4.69) is 4.99 Å². The van der Waals surface area contributed by atoms with E-state index < -0.39 is 6.04 Å². The summed E-state index contributed by atoms with van der Waals surface area (Å²) in [5.41, 5.74) is 0.887. The van der Waals surface area contributed by atoms with Crippen molar-refractivity contribution in [3.8, 4) is 0 Å². The molecule has 3 nitrogen and oxygen atoms in total. The molecule has 0 radical (unpaired) electrons. The molecule has 0 saturated carbocycles. The molecule has 2 rings (SSSR count). The Balaban J connectivity index is 2.28. The van der Waals surface area contributed by atoms with Crippen molar-refractivity contribution in [3.63, 3.8) is 0 Å². The van der Waals surface area contributed by atoms with Gasteiger partial charge in [-0.25, -0.2) is 9.79 Å². The number of esters is 1. The predicted octanol–water partition coefficient (Wildman–Crippen LogP) is 2.34. The number of benzene rings is 1. The Morgan fingerprint density at radius 2 is 1.93 bits per heavy atom. The Bertz CT molecular complexity index is 395. The fourth-order valence-corrected chi connectivity index (χ4v) is 1.48. The van der Waals surface area contributed by atoms with Crippen molar-refractivity contribution in [2.45, 2.75) is 19.9 Å². The zero-order valence-electron chi connectivity index (χ0n) is 8.81. The van der Waals surface area contributed by atoms with Crippen molar-refractivity contribution in [2.75, 3.05) is 0 Å². The Morgan fingerprint density at radius 3 is 2.47 bits per heavy atom. The second-order valence-electron chi connectivity index (χ2n) is 3.86. The number of ether oxygens (including phenoxy) is 1. The molecular weight excluding hydrogens is 190 g/mol. The Morgan fingerprint density at radius 1 is 1.27 bits per heavy atom.